The number of carbonyl (C=O) groups excluding carboxylic acids is 1. The van der Waals surface area contributed by atoms with E-state index in [1.807, 2.05) is 11.8 Å². The summed E-state index contributed by atoms with van der Waals surface area (Å²) in [6.45, 7) is 8.76. The van der Waals surface area contributed by atoms with E-state index in [9.17, 15) is 4.79 Å². The molecule has 0 saturated carbocycles. The Balaban J connectivity index is 2.63. The molecule has 0 radical (unpaired) electrons. The molecule has 1 aliphatic heterocycles. The largest absolute Gasteiger partial charge is 0.338 e. The molecule has 1 rings (SSSR count). The normalized spacial score (nSPS) is 23.9. The molecule has 2 N–H and O–H groups in total. The fourth-order valence-electron chi connectivity index (χ4n) is 1.84. The number of piperazine rings is 1. The van der Waals surface area contributed by atoms with E-state index >= 15 is 0 Å². The van der Waals surface area contributed by atoms with Crippen LogP contribution in [0.2, 0.25) is 0 Å². The lowest BCUT2D eigenvalue weighted by Crippen LogP contribution is -2.61. The van der Waals surface area contributed by atoms with E-state index < -0.39 is 0 Å². The van der Waals surface area contributed by atoms with Crippen LogP contribution in [0.1, 0.15) is 27.2 Å². The van der Waals surface area contributed by atoms with Crippen LogP contribution < -0.4 is 5.73 Å². The minimum atomic E-state index is -0.329. The minimum Gasteiger partial charge on any atom is -0.338 e. The monoisotopic (exact) mass is 213 g/mol. The Morgan fingerprint density at radius 1 is 1.47 bits per heavy atom. The Morgan fingerprint density at radius 3 is 2.53 bits per heavy atom. The molecule has 1 saturated heterocycles. The maximum absolute atomic E-state index is 11.9. The maximum atomic E-state index is 11.9. The number of carbonyl (C=O) groups is 1. The first-order valence-corrected chi connectivity index (χ1v) is 5.64. The molecule has 0 aromatic rings. The molecule has 1 aliphatic rings. The second-order valence-electron chi connectivity index (χ2n) is 5.01. The fourth-order valence-corrected chi connectivity index (χ4v) is 1.84. The van der Waals surface area contributed by atoms with Crippen LogP contribution in [-0.2, 0) is 4.79 Å². The van der Waals surface area contributed by atoms with Gasteiger partial charge < -0.3 is 10.6 Å². The molecule has 0 spiro atoms. The van der Waals surface area contributed by atoms with Crippen LogP contribution in [0.4, 0.5) is 0 Å². The third kappa shape index (κ3) is 2.69. The quantitative estimate of drug-likeness (QED) is 0.716. The Kier molecular flexibility index (Phi) is 3.73. The molecule has 0 aromatic heterocycles. The summed E-state index contributed by atoms with van der Waals surface area (Å²) in [7, 11) is 2.10. The third-order valence-electron chi connectivity index (χ3n) is 3.39. The number of hydrogen-bond donors (Lipinski definition) is 1. The van der Waals surface area contributed by atoms with Crippen molar-refractivity contribution in [3.63, 3.8) is 0 Å². The highest BCUT2D eigenvalue weighted by Crippen LogP contribution is 2.19. The van der Waals surface area contributed by atoms with Crippen molar-refractivity contribution in [2.45, 2.75) is 38.8 Å². The summed E-state index contributed by atoms with van der Waals surface area (Å²) in [5, 5.41) is 0. The van der Waals surface area contributed by atoms with Gasteiger partial charge >= 0.3 is 0 Å². The van der Waals surface area contributed by atoms with Crippen molar-refractivity contribution in [1.29, 1.82) is 0 Å². The van der Waals surface area contributed by atoms with E-state index in [0.29, 0.717) is 6.42 Å². The van der Waals surface area contributed by atoms with E-state index in [2.05, 4.69) is 25.8 Å². The Morgan fingerprint density at radius 2 is 2.07 bits per heavy atom. The summed E-state index contributed by atoms with van der Waals surface area (Å²) in [6.07, 6.45) is 0.714. The summed E-state index contributed by atoms with van der Waals surface area (Å²) in [5.41, 5.74) is 5.82. The predicted molar refractivity (Wildman–Crippen MR) is 61.6 cm³/mol. The van der Waals surface area contributed by atoms with Crippen molar-refractivity contribution in [3.8, 4) is 0 Å². The van der Waals surface area contributed by atoms with Gasteiger partial charge in [-0.05, 0) is 27.3 Å². The van der Waals surface area contributed by atoms with Gasteiger partial charge in [0.25, 0.3) is 0 Å². The lowest BCUT2D eigenvalue weighted by Gasteiger charge is -2.45. The van der Waals surface area contributed by atoms with Gasteiger partial charge in [-0.1, -0.05) is 6.92 Å². The topological polar surface area (TPSA) is 49.6 Å². The number of likely N-dealkylation sites (N-methyl/N-ethyl adjacent to an activating group) is 1. The average Bonchev–Trinajstić information content (AvgIpc) is 2.19. The van der Waals surface area contributed by atoms with E-state index in [0.717, 1.165) is 19.6 Å². The standard InChI is InChI=1S/C11H23N3O/c1-5-9(12)10(15)14-7-6-13(4)11(2,3)8-14/h9H,5-8,12H2,1-4H3. The molecule has 4 nitrogen and oxygen atoms in total. The first-order valence-electron chi connectivity index (χ1n) is 5.64. The molecule has 0 aromatic carbocycles. The highest BCUT2D eigenvalue weighted by Gasteiger charge is 2.34. The van der Waals surface area contributed by atoms with Gasteiger partial charge in [0.1, 0.15) is 0 Å². The summed E-state index contributed by atoms with van der Waals surface area (Å²) in [6, 6.07) is -0.329. The van der Waals surface area contributed by atoms with Crippen molar-refractivity contribution in [3.05, 3.63) is 0 Å². The van der Waals surface area contributed by atoms with Crippen molar-refractivity contribution >= 4 is 5.91 Å². The van der Waals surface area contributed by atoms with Gasteiger partial charge in [0.05, 0.1) is 6.04 Å². The number of nitrogens with zero attached hydrogens (tertiary/aromatic N) is 2. The van der Waals surface area contributed by atoms with Crippen LogP contribution in [-0.4, -0.2) is 54.0 Å². The van der Waals surface area contributed by atoms with Crippen molar-refractivity contribution < 1.29 is 4.79 Å². The number of amides is 1. The average molecular weight is 213 g/mol. The maximum Gasteiger partial charge on any atom is 0.239 e. The molecule has 1 fully saturated rings. The number of hydrogen-bond acceptors (Lipinski definition) is 3. The van der Waals surface area contributed by atoms with E-state index in [4.69, 9.17) is 5.73 Å². The Hall–Kier alpha value is -0.610. The van der Waals surface area contributed by atoms with Crippen molar-refractivity contribution in [2.24, 2.45) is 5.73 Å². The first-order chi connectivity index (χ1) is 6.88. The highest BCUT2D eigenvalue weighted by molar-refractivity contribution is 5.81. The zero-order valence-electron chi connectivity index (χ0n) is 10.3. The molecule has 1 heterocycles. The molecule has 1 atom stereocenters. The SMILES string of the molecule is CCC(N)C(=O)N1CCN(C)C(C)(C)C1. The first kappa shape index (κ1) is 12.5. The van der Waals surface area contributed by atoms with Gasteiger partial charge in [-0.15, -0.1) is 0 Å². The van der Waals surface area contributed by atoms with Gasteiger partial charge in [-0.2, -0.15) is 0 Å². The molecule has 0 aliphatic carbocycles. The third-order valence-corrected chi connectivity index (χ3v) is 3.39. The molecule has 88 valence electrons. The van der Waals surface area contributed by atoms with E-state index in [-0.39, 0.29) is 17.5 Å². The summed E-state index contributed by atoms with van der Waals surface area (Å²) >= 11 is 0. The zero-order valence-corrected chi connectivity index (χ0v) is 10.3. The molecular formula is C11H23N3O. The van der Waals surface area contributed by atoms with Crippen LogP contribution in [0.15, 0.2) is 0 Å². The van der Waals surface area contributed by atoms with Gasteiger partial charge in [0.15, 0.2) is 0 Å². The molecule has 4 heteroatoms. The van der Waals surface area contributed by atoms with Crippen molar-refractivity contribution in [1.82, 2.24) is 9.80 Å². The summed E-state index contributed by atoms with van der Waals surface area (Å²) < 4.78 is 0. The smallest absolute Gasteiger partial charge is 0.239 e. The van der Waals surface area contributed by atoms with E-state index in [1.165, 1.54) is 0 Å². The fraction of sp³-hybridized carbons (Fsp3) is 0.909. The van der Waals surface area contributed by atoms with Gasteiger partial charge in [0, 0.05) is 25.2 Å². The van der Waals surface area contributed by atoms with Gasteiger partial charge in [-0.25, -0.2) is 0 Å². The van der Waals surface area contributed by atoms with Crippen LogP contribution in [0.5, 0.6) is 0 Å². The molecule has 1 amide bonds. The van der Waals surface area contributed by atoms with Crippen LogP contribution in [0, 0.1) is 0 Å². The summed E-state index contributed by atoms with van der Waals surface area (Å²) in [4.78, 5) is 16.1. The molecular weight excluding hydrogens is 190 g/mol. The number of nitrogens with two attached hydrogens (primary N) is 1. The molecule has 0 bridgehead atoms. The van der Waals surface area contributed by atoms with Gasteiger partial charge in [-0.3, -0.25) is 9.69 Å². The van der Waals surface area contributed by atoms with E-state index in [1.54, 1.807) is 0 Å². The second kappa shape index (κ2) is 4.49. The molecule has 1 unspecified atom stereocenters. The number of rotatable bonds is 2. The lowest BCUT2D eigenvalue weighted by atomic mass is 9.99. The summed E-state index contributed by atoms with van der Waals surface area (Å²) in [5.74, 6) is 0.0960. The van der Waals surface area contributed by atoms with Crippen LogP contribution >= 0.6 is 0 Å². The minimum absolute atomic E-state index is 0.0569. The van der Waals surface area contributed by atoms with Gasteiger partial charge in [0.2, 0.25) is 5.91 Å². The van der Waals surface area contributed by atoms with Crippen LogP contribution in [0.3, 0.4) is 0 Å². The van der Waals surface area contributed by atoms with Crippen molar-refractivity contribution in [2.75, 3.05) is 26.7 Å². The lowest BCUT2D eigenvalue weighted by molar-refractivity contribution is -0.137. The predicted octanol–water partition coefficient (Wildman–Crippen LogP) is 0.276. The second-order valence-corrected chi connectivity index (χ2v) is 5.01. The van der Waals surface area contributed by atoms with Crippen LogP contribution in [0.25, 0.3) is 0 Å². The zero-order chi connectivity index (χ0) is 11.6. The molecule has 15 heavy (non-hydrogen) atoms. The Bertz CT molecular complexity index is 240. The Labute approximate surface area is 92.4 Å². The highest BCUT2D eigenvalue weighted by atomic mass is 16.2.